The van der Waals surface area contributed by atoms with Gasteiger partial charge in [-0.15, -0.1) is 6.58 Å². The Kier molecular flexibility index (Phi) is 4.38. The van der Waals surface area contributed by atoms with E-state index in [1.165, 1.54) is 0 Å². The molecule has 2 N–H and O–H groups in total. The van der Waals surface area contributed by atoms with E-state index in [1.54, 1.807) is 0 Å². The van der Waals surface area contributed by atoms with Crippen molar-refractivity contribution in [2.45, 2.75) is 37.8 Å². The van der Waals surface area contributed by atoms with Gasteiger partial charge in [-0.05, 0) is 38.3 Å². The summed E-state index contributed by atoms with van der Waals surface area (Å²) in [6, 6.07) is 10.1. The number of nitrogens with one attached hydrogen (secondary N) is 2. The molecule has 1 aliphatic rings. The van der Waals surface area contributed by atoms with E-state index >= 15 is 0 Å². The van der Waals surface area contributed by atoms with Gasteiger partial charge in [0.2, 0.25) is 5.91 Å². The molecule has 1 aromatic carbocycles. The largest absolute Gasteiger partial charge is 0.348 e. The minimum Gasteiger partial charge on any atom is -0.348 e. The molecule has 3 nitrogen and oxygen atoms in total. The summed E-state index contributed by atoms with van der Waals surface area (Å²) >= 11 is 0. The first kappa shape index (κ1) is 13.8. The number of benzene rings is 1. The predicted molar refractivity (Wildman–Crippen MR) is 77.8 cm³/mol. The number of amides is 1. The normalized spacial score (nSPS) is 23.8. The molecule has 102 valence electrons. The minimum atomic E-state index is -0.454. The maximum Gasteiger partial charge on any atom is 0.241 e. The molecule has 0 spiro atoms. The van der Waals surface area contributed by atoms with Gasteiger partial charge in [0.25, 0.3) is 0 Å². The Morgan fingerprint density at radius 1 is 1.53 bits per heavy atom. The van der Waals surface area contributed by atoms with Crippen molar-refractivity contribution in [1.29, 1.82) is 0 Å². The molecule has 1 fully saturated rings. The molecule has 1 heterocycles. The highest BCUT2D eigenvalue weighted by molar-refractivity contribution is 5.87. The first-order valence-electron chi connectivity index (χ1n) is 6.90. The molecular weight excluding hydrogens is 236 g/mol. The van der Waals surface area contributed by atoms with Gasteiger partial charge in [-0.1, -0.05) is 36.4 Å². The molecule has 3 heteroatoms. The fourth-order valence-corrected chi connectivity index (χ4v) is 2.67. The molecule has 1 unspecified atom stereocenters. The first-order chi connectivity index (χ1) is 9.18. The van der Waals surface area contributed by atoms with Crippen LogP contribution in [-0.4, -0.2) is 18.0 Å². The maximum absolute atomic E-state index is 12.5. The third-order valence-electron chi connectivity index (χ3n) is 3.82. The summed E-state index contributed by atoms with van der Waals surface area (Å²) < 4.78 is 0. The number of hydrogen-bond acceptors (Lipinski definition) is 2. The quantitative estimate of drug-likeness (QED) is 0.797. The second-order valence-electron chi connectivity index (χ2n) is 5.21. The fraction of sp³-hybridized carbons (Fsp3) is 0.438. The van der Waals surface area contributed by atoms with E-state index in [0.717, 1.165) is 24.9 Å². The summed E-state index contributed by atoms with van der Waals surface area (Å²) in [5, 5.41) is 6.46. The number of carbonyl (C=O) groups is 1. The van der Waals surface area contributed by atoms with E-state index < -0.39 is 5.54 Å². The highest BCUT2D eigenvalue weighted by Gasteiger charge is 2.40. The molecule has 0 aliphatic carbocycles. The van der Waals surface area contributed by atoms with Crippen LogP contribution >= 0.6 is 0 Å². The van der Waals surface area contributed by atoms with Crippen molar-refractivity contribution in [3.63, 3.8) is 0 Å². The van der Waals surface area contributed by atoms with Crippen molar-refractivity contribution in [3.05, 3.63) is 48.6 Å². The maximum atomic E-state index is 12.5. The predicted octanol–water partition coefficient (Wildman–Crippen LogP) is 2.56. The van der Waals surface area contributed by atoms with Gasteiger partial charge in [0.15, 0.2) is 0 Å². The summed E-state index contributed by atoms with van der Waals surface area (Å²) in [5.41, 5.74) is 0.674. The molecular formula is C16H22N2O. The van der Waals surface area contributed by atoms with Crippen LogP contribution in [0.15, 0.2) is 43.0 Å². The van der Waals surface area contributed by atoms with Crippen LogP contribution in [0.2, 0.25) is 0 Å². The SMILES string of the molecule is C=CC[C@@]1(C(=O)NC(C)c2ccccc2)CCCN1. The van der Waals surface area contributed by atoms with Crippen LogP contribution in [-0.2, 0) is 4.79 Å². The second-order valence-corrected chi connectivity index (χ2v) is 5.21. The summed E-state index contributed by atoms with van der Waals surface area (Å²) in [7, 11) is 0. The monoisotopic (exact) mass is 258 g/mol. The zero-order chi connectivity index (χ0) is 13.7. The van der Waals surface area contributed by atoms with E-state index in [2.05, 4.69) is 17.2 Å². The molecule has 1 aromatic rings. The Hall–Kier alpha value is -1.61. The van der Waals surface area contributed by atoms with Crippen molar-refractivity contribution < 1.29 is 4.79 Å². The van der Waals surface area contributed by atoms with Crippen LogP contribution in [0.4, 0.5) is 0 Å². The van der Waals surface area contributed by atoms with Crippen LogP contribution in [0.1, 0.15) is 37.8 Å². The summed E-state index contributed by atoms with van der Waals surface area (Å²) in [4.78, 5) is 12.5. The molecule has 2 atom stereocenters. The third-order valence-corrected chi connectivity index (χ3v) is 3.82. The van der Waals surface area contributed by atoms with Gasteiger partial charge in [0.05, 0.1) is 6.04 Å². The smallest absolute Gasteiger partial charge is 0.241 e. The molecule has 2 rings (SSSR count). The fourth-order valence-electron chi connectivity index (χ4n) is 2.67. The molecule has 1 saturated heterocycles. The summed E-state index contributed by atoms with van der Waals surface area (Å²) in [5.74, 6) is 0.0845. The van der Waals surface area contributed by atoms with E-state index in [4.69, 9.17) is 0 Å². The highest BCUT2D eigenvalue weighted by Crippen LogP contribution is 2.25. The zero-order valence-corrected chi connectivity index (χ0v) is 11.5. The number of rotatable bonds is 5. The third kappa shape index (κ3) is 3.04. The van der Waals surface area contributed by atoms with Crippen molar-refractivity contribution in [2.75, 3.05) is 6.54 Å². The molecule has 1 aliphatic heterocycles. The summed E-state index contributed by atoms with van der Waals surface area (Å²) in [6.07, 6.45) is 4.43. The zero-order valence-electron chi connectivity index (χ0n) is 11.5. The van der Waals surface area contributed by atoms with Gasteiger partial charge in [-0.25, -0.2) is 0 Å². The molecule has 0 aromatic heterocycles. The highest BCUT2D eigenvalue weighted by atomic mass is 16.2. The first-order valence-corrected chi connectivity index (χ1v) is 6.90. The number of hydrogen-bond donors (Lipinski definition) is 2. The minimum absolute atomic E-state index is 0.0257. The topological polar surface area (TPSA) is 41.1 Å². The lowest BCUT2D eigenvalue weighted by molar-refractivity contribution is -0.127. The van der Waals surface area contributed by atoms with Crippen LogP contribution in [0.25, 0.3) is 0 Å². The Balaban J connectivity index is 2.05. The van der Waals surface area contributed by atoms with Gasteiger partial charge in [0.1, 0.15) is 5.54 Å². The second kappa shape index (κ2) is 6.02. The van der Waals surface area contributed by atoms with Crippen LogP contribution < -0.4 is 10.6 Å². The van der Waals surface area contributed by atoms with E-state index in [-0.39, 0.29) is 11.9 Å². The Labute approximate surface area is 115 Å². The molecule has 0 bridgehead atoms. The average Bonchev–Trinajstić information content (AvgIpc) is 2.90. The lowest BCUT2D eigenvalue weighted by Crippen LogP contribution is -2.53. The van der Waals surface area contributed by atoms with Gasteiger partial charge in [-0.2, -0.15) is 0 Å². The lowest BCUT2D eigenvalue weighted by Gasteiger charge is -2.29. The average molecular weight is 258 g/mol. The van der Waals surface area contributed by atoms with E-state index in [0.29, 0.717) is 6.42 Å². The Morgan fingerprint density at radius 2 is 2.26 bits per heavy atom. The van der Waals surface area contributed by atoms with Crippen LogP contribution in [0, 0.1) is 0 Å². The van der Waals surface area contributed by atoms with Crippen molar-refractivity contribution in [1.82, 2.24) is 10.6 Å². The van der Waals surface area contributed by atoms with E-state index in [9.17, 15) is 4.79 Å². The standard InChI is InChI=1S/C16H22N2O/c1-3-10-16(11-7-12-17-16)15(19)18-13(2)14-8-5-4-6-9-14/h3-6,8-9,13,17H,1,7,10-12H2,2H3,(H,18,19)/t13?,16-/m0/s1. The Bertz CT molecular complexity index is 435. The summed E-state index contributed by atoms with van der Waals surface area (Å²) in [6.45, 7) is 6.69. The van der Waals surface area contributed by atoms with Gasteiger partial charge in [-0.3, -0.25) is 4.79 Å². The van der Waals surface area contributed by atoms with Crippen LogP contribution in [0.3, 0.4) is 0 Å². The molecule has 19 heavy (non-hydrogen) atoms. The number of carbonyl (C=O) groups excluding carboxylic acids is 1. The van der Waals surface area contributed by atoms with Crippen molar-refractivity contribution in [3.8, 4) is 0 Å². The van der Waals surface area contributed by atoms with Gasteiger partial charge >= 0.3 is 0 Å². The van der Waals surface area contributed by atoms with Crippen LogP contribution in [0.5, 0.6) is 0 Å². The lowest BCUT2D eigenvalue weighted by atomic mass is 9.91. The van der Waals surface area contributed by atoms with E-state index in [1.807, 2.05) is 43.3 Å². The Morgan fingerprint density at radius 3 is 2.84 bits per heavy atom. The van der Waals surface area contributed by atoms with Gasteiger partial charge < -0.3 is 10.6 Å². The molecule has 0 saturated carbocycles. The van der Waals surface area contributed by atoms with Crippen molar-refractivity contribution in [2.24, 2.45) is 0 Å². The van der Waals surface area contributed by atoms with Crippen molar-refractivity contribution >= 4 is 5.91 Å². The molecule has 1 amide bonds. The molecule has 0 radical (unpaired) electrons. The van der Waals surface area contributed by atoms with Gasteiger partial charge in [0, 0.05) is 0 Å².